The average Bonchev–Trinajstić information content (AvgIpc) is 2.33. The van der Waals surface area contributed by atoms with Crippen LogP contribution in [0.3, 0.4) is 0 Å². The topological polar surface area (TPSA) is 81.6 Å². The van der Waals surface area contributed by atoms with E-state index in [0.29, 0.717) is 25.4 Å². The van der Waals surface area contributed by atoms with Gasteiger partial charge in [0, 0.05) is 18.8 Å². The number of hydrogen-bond acceptors (Lipinski definition) is 4. The van der Waals surface area contributed by atoms with Crippen LogP contribution in [0.5, 0.6) is 0 Å². The van der Waals surface area contributed by atoms with Gasteiger partial charge in [0.05, 0.1) is 13.2 Å². The molecule has 5 nitrogen and oxygen atoms in total. The number of primary amides is 1. The van der Waals surface area contributed by atoms with Crippen molar-refractivity contribution in [3.63, 3.8) is 0 Å². The molecule has 1 aromatic carbocycles. The van der Waals surface area contributed by atoms with E-state index in [1.54, 1.807) is 6.07 Å². The maximum atomic E-state index is 12.9. The fourth-order valence-corrected chi connectivity index (χ4v) is 2.02. The van der Waals surface area contributed by atoms with Crippen LogP contribution in [0.15, 0.2) is 18.2 Å². The number of anilines is 1. The molecule has 0 aromatic heterocycles. The van der Waals surface area contributed by atoms with Crippen LogP contribution in [0.4, 0.5) is 10.1 Å². The van der Waals surface area contributed by atoms with Gasteiger partial charge in [-0.05, 0) is 17.7 Å². The molecule has 1 aromatic rings. The van der Waals surface area contributed by atoms with Gasteiger partial charge in [0.2, 0.25) is 5.91 Å². The number of rotatable bonds is 3. The molecule has 0 bridgehead atoms. The highest BCUT2D eigenvalue weighted by atomic mass is 19.1. The van der Waals surface area contributed by atoms with E-state index >= 15 is 0 Å². The number of benzene rings is 1. The molecule has 18 heavy (non-hydrogen) atoms. The number of amides is 1. The van der Waals surface area contributed by atoms with E-state index in [4.69, 9.17) is 16.2 Å². The Kier molecular flexibility index (Phi) is 3.78. The van der Waals surface area contributed by atoms with Gasteiger partial charge in [-0.3, -0.25) is 9.69 Å². The second-order valence-corrected chi connectivity index (χ2v) is 4.31. The number of morpholine rings is 1. The Labute approximate surface area is 104 Å². The number of carbonyl (C=O) groups excluding carboxylic acids is 1. The standard InChI is InChI=1S/C12H16FN3O2/c13-9-2-1-8(10(14)5-9)6-16-3-4-18-7-11(16)12(15)17/h1-2,5,11H,3-4,6-7,14H2,(H2,15,17). The first-order valence-corrected chi connectivity index (χ1v) is 5.73. The minimum Gasteiger partial charge on any atom is -0.398 e. The van der Waals surface area contributed by atoms with Crippen LogP contribution in [-0.4, -0.2) is 36.6 Å². The fraction of sp³-hybridized carbons (Fsp3) is 0.417. The molecule has 1 unspecified atom stereocenters. The van der Waals surface area contributed by atoms with E-state index in [9.17, 15) is 9.18 Å². The molecule has 1 aliphatic rings. The van der Waals surface area contributed by atoms with E-state index in [1.165, 1.54) is 12.1 Å². The average molecular weight is 253 g/mol. The summed E-state index contributed by atoms with van der Waals surface area (Å²) in [5, 5.41) is 0. The molecule has 1 saturated heterocycles. The summed E-state index contributed by atoms with van der Waals surface area (Å²) < 4.78 is 18.2. The second-order valence-electron chi connectivity index (χ2n) is 4.31. The third kappa shape index (κ3) is 2.77. The maximum Gasteiger partial charge on any atom is 0.237 e. The Morgan fingerprint density at radius 1 is 1.56 bits per heavy atom. The van der Waals surface area contributed by atoms with Crippen molar-refractivity contribution < 1.29 is 13.9 Å². The third-order valence-electron chi connectivity index (χ3n) is 3.05. The van der Waals surface area contributed by atoms with Crippen molar-refractivity contribution >= 4 is 11.6 Å². The van der Waals surface area contributed by atoms with Gasteiger partial charge in [0.15, 0.2) is 0 Å². The van der Waals surface area contributed by atoms with Crippen molar-refractivity contribution in [3.05, 3.63) is 29.6 Å². The quantitative estimate of drug-likeness (QED) is 0.748. The Hall–Kier alpha value is -1.66. The van der Waals surface area contributed by atoms with Crippen molar-refractivity contribution in [3.8, 4) is 0 Å². The summed E-state index contributed by atoms with van der Waals surface area (Å²) in [5.74, 6) is -0.792. The zero-order chi connectivity index (χ0) is 13.1. The smallest absolute Gasteiger partial charge is 0.237 e. The number of nitrogens with zero attached hydrogens (tertiary/aromatic N) is 1. The highest BCUT2D eigenvalue weighted by Gasteiger charge is 2.27. The SMILES string of the molecule is NC(=O)C1COCCN1Cc1ccc(F)cc1N. The van der Waals surface area contributed by atoms with E-state index in [-0.39, 0.29) is 12.4 Å². The fourth-order valence-electron chi connectivity index (χ4n) is 2.02. The first-order chi connectivity index (χ1) is 8.58. The van der Waals surface area contributed by atoms with E-state index in [0.717, 1.165) is 5.56 Å². The normalized spacial score (nSPS) is 20.8. The van der Waals surface area contributed by atoms with Crippen molar-refractivity contribution in [2.24, 2.45) is 5.73 Å². The first kappa shape index (κ1) is 12.8. The molecule has 2 rings (SSSR count). The molecule has 6 heteroatoms. The molecule has 0 spiro atoms. The maximum absolute atomic E-state index is 12.9. The second kappa shape index (κ2) is 5.32. The van der Waals surface area contributed by atoms with E-state index in [1.807, 2.05) is 4.90 Å². The predicted octanol–water partition coefficient (Wildman–Crippen LogP) is 0.0940. The number of halogens is 1. The van der Waals surface area contributed by atoms with Crippen LogP contribution in [-0.2, 0) is 16.1 Å². The van der Waals surface area contributed by atoms with Crippen LogP contribution in [0, 0.1) is 5.82 Å². The lowest BCUT2D eigenvalue weighted by Gasteiger charge is -2.33. The van der Waals surface area contributed by atoms with Crippen LogP contribution in [0.1, 0.15) is 5.56 Å². The van der Waals surface area contributed by atoms with Crippen molar-refractivity contribution in [2.75, 3.05) is 25.5 Å². The minimum absolute atomic E-state index is 0.288. The number of ether oxygens (including phenoxy) is 1. The highest BCUT2D eigenvalue weighted by Crippen LogP contribution is 2.18. The van der Waals surface area contributed by atoms with Crippen molar-refractivity contribution in [1.29, 1.82) is 0 Å². The van der Waals surface area contributed by atoms with Gasteiger partial charge in [0.25, 0.3) is 0 Å². The van der Waals surface area contributed by atoms with Crippen LogP contribution >= 0.6 is 0 Å². The zero-order valence-electron chi connectivity index (χ0n) is 9.93. The zero-order valence-corrected chi connectivity index (χ0v) is 9.93. The highest BCUT2D eigenvalue weighted by molar-refractivity contribution is 5.80. The van der Waals surface area contributed by atoms with E-state index < -0.39 is 11.9 Å². The summed E-state index contributed by atoms with van der Waals surface area (Å²) >= 11 is 0. The predicted molar refractivity (Wildman–Crippen MR) is 65.0 cm³/mol. The summed E-state index contributed by atoms with van der Waals surface area (Å²) in [6.45, 7) is 1.90. The van der Waals surface area contributed by atoms with E-state index in [2.05, 4.69) is 0 Å². The molecular weight excluding hydrogens is 237 g/mol. The largest absolute Gasteiger partial charge is 0.398 e. The Morgan fingerprint density at radius 3 is 3.00 bits per heavy atom. The molecule has 4 N–H and O–H groups in total. The van der Waals surface area contributed by atoms with Gasteiger partial charge in [-0.1, -0.05) is 6.07 Å². The summed E-state index contributed by atoms with van der Waals surface area (Å²) in [6, 6.07) is 3.79. The first-order valence-electron chi connectivity index (χ1n) is 5.73. The van der Waals surface area contributed by atoms with Gasteiger partial charge >= 0.3 is 0 Å². The molecule has 0 saturated carbocycles. The number of carbonyl (C=O) groups is 1. The molecule has 1 fully saturated rings. The van der Waals surface area contributed by atoms with Gasteiger partial charge in [-0.15, -0.1) is 0 Å². The summed E-state index contributed by atoms with van der Waals surface area (Å²) in [7, 11) is 0. The number of nitrogens with two attached hydrogens (primary N) is 2. The summed E-state index contributed by atoms with van der Waals surface area (Å²) in [6.07, 6.45) is 0. The lowest BCUT2D eigenvalue weighted by molar-refractivity contribution is -0.129. The summed E-state index contributed by atoms with van der Waals surface area (Å²) in [5.41, 5.74) is 12.2. The van der Waals surface area contributed by atoms with Gasteiger partial charge in [0.1, 0.15) is 11.9 Å². The molecular formula is C12H16FN3O2. The van der Waals surface area contributed by atoms with Crippen LogP contribution in [0.25, 0.3) is 0 Å². The molecule has 0 aliphatic carbocycles. The van der Waals surface area contributed by atoms with Crippen molar-refractivity contribution in [2.45, 2.75) is 12.6 Å². The molecule has 1 heterocycles. The Morgan fingerprint density at radius 2 is 2.33 bits per heavy atom. The lowest BCUT2D eigenvalue weighted by Crippen LogP contribution is -2.51. The molecule has 1 amide bonds. The summed E-state index contributed by atoms with van der Waals surface area (Å²) in [4.78, 5) is 13.2. The molecule has 1 aliphatic heterocycles. The van der Waals surface area contributed by atoms with Gasteiger partial charge in [-0.25, -0.2) is 4.39 Å². The Balaban J connectivity index is 2.13. The number of nitrogen functional groups attached to an aromatic ring is 1. The van der Waals surface area contributed by atoms with Gasteiger partial charge < -0.3 is 16.2 Å². The monoisotopic (exact) mass is 253 g/mol. The molecule has 98 valence electrons. The minimum atomic E-state index is -0.455. The molecule has 1 atom stereocenters. The Bertz CT molecular complexity index is 453. The molecule has 0 radical (unpaired) electrons. The number of hydrogen-bond donors (Lipinski definition) is 2. The van der Waals surface area contributed by atoms with Crippen LogP contribution in [0.2, 0.25) is 0 Å². The van der Waals surface area contributed by atoms with Gasteiger partial charge in [-0.2, -0.15) is 0 Å². The third-order valence-corrected chi connectivity index (χ3v) is 3.05. The lowest BCUT2D eigenvalue weighted by atomic mass is 10.1. The van der Waals surface area contributed by atoms with Crippen molar-refractivity contribution in [1.82, 2.24) is 4.90 Å². The van der Waals surface area contributed by atoms with Crippen LogP contribution < -0.4 is 11.5 Å².